The average molecular weight is 260 g/mol. The Bertz CT molecular complexity index is 280. The second-order valence-corrected chi connectivity index (χ2v) is 5.85. The second-order valence-electron chi connectivity index (χ2n) is 4.75. The summed E-state index contributed by atoms with van der Waals surface area (Å²) in [4.78, 5) is 12.3. The van der Waals surface area contributed by atoms with Crippen LogP contribution in [-0.2, 0) is 14.3 Å². The number of ether oxygens (including phenoxy) is 2. The molecule has 4 nitrogen and oxygen atoms in total. The zero-order valence-corrected chi connectivity index (χ0v) is 11.1. The minimum absolute atomic E-state index is 0.242. The Labute approximate surface area is 106 Å². The fraction of sp³-hybridized carbons (Fsp3) is 0.917. The lowest BCUT2D eigenvalue weighted by Crippen LogP contribution is -2.56. The molecule has 2 aliphatic rings. The van der Waals surface area contributed by atoms with Crippen LogP contribution in [0.3, 0.4) is 0 Å². The molecule has 0 aromatic carbocycles. The summed E-state index contributed by atoms with van der Waals surface area (Å²) in [5, 5.41) is 10.8. The maximum atomic E-state index is 12.3. The summed E-state index contributed by atoms with van der Waals surface area (Å²) in [7, 11) is 0. The van der Waals surface area contributed by atoms with E-state index in [1.165, 1.54) is 0 Å². The molecule has 2 rings (SSSR count). The van der Waals surface area contributed by atoms with Crippen molar-refractivity contribution < 1.29 is 19.4 Å². The summed E-state index contributed by atoms with van der Waals surface area (Å²) in [5.41, 5.74) is -1.65. The van der Waals surface area contributed by atoms with Gasteiger partial charge in [0.05, 0.1) is 12.2 Å². The van der Waals surface area contributed by atoms with E-state index in [0.717, 1.165) is 5.75 Å². The van der Waals surface area contributed by atoms with Crippen LogP contribution in [0.25, 0.3) is 0 Å². The van der Waals surface area contributed by atoms with Crippen LogP contribution in [0.5, 0.6) is 0 Å². The van der Waals surface area contributed by atoms with Crippen molar-refractivity contribution in [3.63, 3.8) is 0 Å². The van der Waals surface area contributed by atoms with E-state index >= 15 is 0 Å². The van der Waals surface area contributed by atoms with Gasteiger partial charge >= 0.3 is 5.97 Å². The summed E-state index contributed by atoms with van der Waals surface area (Å²) < 4.78 is 10.5. The fourth-order valence-electron chi connectivity index (χ4n) is 2.78. The van der Waals surface area contributed by atoms with Crippen molar-refractivity contribution in [2.24, 2.45) is 5.41 Å². The highest BCUT2D eigenvalue weighted by atomic mass is 32.2. The van der Waals surface area contributed by atoms with Gasteiger partial charge in [-0.3, -0.25) is 4.79 Å². The molecule has 2 heterocycles. The summed E-state index contributed by atoms with van der Waals surface area (Å²) in [6.07, 6.45) is 1.82. The van der Waals surface area contributed by atoms with Gasteiger partial charge in [0.1, 0.15) is 5.41 Å². The predicted molar refractivity (Wildman–Crippen MR) is 66.0 cm³/mol. The Morgan fingerprint density at radius 1 is 1.41 bits per heavy atom. The van der Waals surface area contributed by atoms with Crippen molar-refractivity contribution in [3.8, 4) is 0 Å². The zero-order valence-electron chi connectivity index (χ0n) is 10.2. The number of hydrogen-bond acceptors (Lipinski definition) is 5. The van der Waals surface area contributed by atoms with Gasteiger partial charge in [-0.2, -0.15) is 11.8 Å². The molecule has 2 fully saturated rings. The van der Waals surface area contributed by atoms with Crippen molar-refractivity contribution in [2.45, 2.75) is 31.8 Å². The molecule has 2 saturated heterocycles. The Hall–Kier alpha value is -0.260. The molecule has 1 atom stereocenters. The zero-order chi connectivity index (χ0) is 12.4. The average Bonchev–Trinajstić information content (AvgIpc) is 2.79. The summed E-state index contributed by atoms with van der Waals surface area (Å²) in [5.74, 6) is 1.30. The largest absolute Gasteiger partial charge is 0.465 e. The van der Waals surface area contributed by atoms with Gasteiger partial charge in [-0.15, -0.1) is 0 Å². The first-order chi connectivity index (χ1) is 8.15. The highest BCUT2D eigenvalue weighted by Gasteiger charge is 2.58. The normalized spacial score (nSPS) is 32.4. The molecule has 0 amide bonds. The molecule has 17 heavy (non-hydrogen) atoms. The number of hydrogen-bond donors (Lipinski definition) is 1. The summed E-state index contributed by atoms with van der Waals surface area (Å²) in [6.45, 7) is 3.24. The SMILES string of the molecule is CCOC(=O)C1(C2(O)CCSC2)CCOCC1. The quantitative estimate of drug-likeness (QED) is 0.773. The van der Waals surface area contributed by atoms with Gasteiger partial charge in [0.25, 0.3) is 0 Å². The minimum Gasteiger partial charge on any atom is -0.465 e. The van der Waals surface area contributed by atoms with E-state index < -0.39 is 11.0 Å². The second kappa shape index (κ2) is 5.16. The lowest BCUT2D eigenvalue weighted by Gasteiger charge is -2.44. The summed E-state index contributed by atoms with van der Waals surface area (Å²) >= 11 is 1.71. The van der Waals surface area contributed by atoms with Crippen LogP contribution in [0.4, 0.5) is 0 Å². The van der Waals surface area contributed by atoms with E-state index in [9.17, 15) is 9.90 Å². The Kier molecular flexibility index (Phi) is 4.00. The molecular weight excluding hydrogens is 240 g/mol. The Morgan fingerprint density at radius 2 is 2.12 bits per heavy atom. The smallest absolute Gasteiger partial charge is 0.315 e. The lowest BCUT2D eigenvalue weighted by atomic mass is 9.66. The van der Waals surface area contributed by atoms with Crippen LogP contribution in [0.15, 0.2) is 0 Å². The first-order valence-electron chi connectivity index (χ1n) is 6.20. The third kappa shape index (κ3) is 2.20. The molecule has 0 aliphatic carbocycles. The van der Waals surface area contributed by atoms with Gasteiger partial charge in [0.15, 0.2) is 0 Å². The van der Waals surface area contributed by atoms with E-state index in [0.29, 0.717) is 44.8 Å². The standard InChI is InChI=1S/C12H20O4S/c1-2-16-10(13)11(3-6-15-7-4-11)12(14)5-8-17-9-12/h14H,2-9H2,1H3. The Balaban J connectivity index is 2.25. The molecular formula is C12H20O4S. The van der Waals surface area contributed by atoms with Crippen LogP contribution in [0.2, 0.25) is 0 Å². The number of carbonyl (C=O) groups is 1. The molecule has 1 N–H and O–H groups in total. The van der Waals surface area contributed by atoms with Crippen LogP contribution in [0.1, 0.15) is 26.2 Å². The predicted octanol–water partition coefficient (Wildman–Crippen LogP) is 1.21. The molecule has 0 spiro atoms. The fourth-order valence-corrected chi connectivity index (χ4v) is 4.16. The molecule has 98 valence electrons. The van der Waals surface area contributed by atoms with E-state index in [-0.39, 0.29) is 5.97 Å². The highest BCUT2D eigenvalue weighted by molar-refractivity contribution is 7.99. The molecule has 0 bridgehead atoms. The Morgan fingerprint density at radius 3 is 2.65 bits per heavy atom. The molecule has 5 heteroatoms. The van der Waals surface area contributed by atoms with Crippen molar-refractivity contribution in [1.82, 2.24) is 0 Å². The van der Waals surface area contributed by atoms with Crippen molar-refractivity contribution >= 4 is 17.7 Å². The van der Waals surface area contributed by atoms with Gasteiger partial charge in [0, 0.05) is 19.0 Å². The van der Waals surface area contributed by atoms with E-state index in [1.807, 2.05) is 0 Å². The van der Waals surface area contributed by atoms with Crippen LogP contribution >= 0.6 is 11.8 Å². The molecule has 2 aliphatic heterocycles. The van der Waals surface area contributed by atoms with E-state index in [4.69, 9.17) is 9.47 Å². The van der Waals surface area contributed by atoms with Gasteiger partial charge < -0.3 is 14.6 Å². The number of esters is 1. The number of aliphatic hydroxyl groups is 1. The van der Waals surface area contributed by atoms with E-state index in [2.05, 4.69) is 0 Å². The maximum Gasteiger partial charge on any atom is 0.315 e. The highest BCUT2D eigenvalue weighted by Crippen LogP contribution is 2.49. The molecule has 0 saturated carbocycles. The minimum atomic E-state index is -0.909. The molecule has 0 aromatic rings. The van der Waals surface area contributed by atoms with E-state index in [1.54, 1.807) is 18.7 Å². The van der Waals surface area contributed by atoms with Crippen LogP contribution in [-0.4, -0.2) is 48.0 Å². The molecule has 0 radical (unpaired) electrons. The topological polar surface area (TPSA) is 55.8 Å². The summed E-state index contributed by atoms with van der Waals surface area (Å²) in [6, 6.07) is 0. The van der Waals surface area contributed by atoms with Gasteiger partial charge in [-0.1, -0.05) is 0 Å². The molecule has 1 unspecified atom stereocenters. The molecule has 0 aromatic heterocycles. The van der Waals surface area contributed by atoms with Crippen LogP contribution < -0.4 is 0 Å². The van der Waals surface area contributed by atoms with Crippen molar-refractivity contribution in [2.75, 3.05) is 31.3 Å². The first-order valence-corrected chi connectivity index (χ1v) is 7.35. The van der Waals surface area contributed by atoms with Crippen molar-refractivity contribution in [3.05, 3.63) is 0 Å². The third-order valence-electron chi connectivity index (χ3n) is 3.90. The van der Waals surface area contributed by atoms with Gasteiger partial charge in [-0.25, -0.2) is 0 Å². The maximum absolute atomic E-state index is 12.3. The number of rotatable bonds is 3. The first kappa shape index (κ1) is 13.2. The monoisotopic (exact) mass is 260 g/mol. The number of carbonyl (C=O) groups excluding carboxylic acids is 1. The van der Waals surface area contributed by atoms with Gasteiger partial charge in [0.2, 0.25) is 0 Å². The number of thioether (sulfide) groups is 1. The lowest BCUT2D eigenvalue weighted by molar-refractivity contribution is -0.185. The van der Waals surface area contributed by atoms with Crippen LogP contribution in [0, 0.1) is 5.41 Å². The van der Waals surface area contributed by atoms with Crippen molar-refractivity contribution in [1.29, 1.82) is 0 Å². The third-order valence-corrected chi connectivity index (χ3v) is 5.08. The van der Waals surface area contributed by atoms with Gasteiger partial charge in [-0.05, 0) is 31.9 Å².